The fourth-order valence-electron chi connectivity index (χ4n) is 1.76. The number of carbonyl (C=O) groups is 1. The van der Waals surface area contributed by atoms with Crippen LogP contribution in [-0.2, 0) is 9.47 Å². The third-order valence-corrected chi connectivity index (χ3v) is 2.80. The molecule has 7 heteroatoms. The smallest absolute Gasteiger partial charge is 0.273 e. The number of amides is 1. The Morgan fingerprint density at radius 3 is 2.48 bits per heavy atom. The van der Waals surface area contributed by atoms with Crippen LogP contribution in [0.3, 0.4) is 0 Å². The molecule has 0 aliphatic carbocycles. The highest BCUT2D eigenvalue weighted by atomic mass is 16.7. The van der Waals surface area contributed by atoms with Crippen LogP contribution in [0, 0.1) is 17.0 Å². The van der Waals surface area contributed by atoms with E-state index in [1.807, 2.05) is 13.8 Å². The van der Waals surface area contributed by atoms with Gasteiger partial charge in [-0.3, -0.25) is 14.9 Å². The van der Waals surface area contributed by atoms with Crippen molar-refractivity contribution in [2.75, 3.05) is 19.8 Å². The lowest BCUT2D eigenvalue weighted by atomic mass is 10.1. The molecule has 1 N–H and O–H groups in total. The molecule has 116 valence electrons. The quantitative estimate of drug-likeness (QED) is 0.450. The Hall–Kier alpha value is -1.99. The zero-order valence-electron chi connectivity index (χ0n) is 12.4. The number of nitrogens with zero attached hydrogens (tertiary/aromatic N) is 1. The van der Waals surface area contributed by atoms with E-state index in [9.17, 15) is 14.9 Å². The number of nitro benzene ring substituents is 1. The summed E-state index contributed by atoms with van der Waals surface area (Å²) in [5, 5.41) is 13.5. The van der Waals surface area contributed by atoms with E-state index >= 15 is 0 Å². The van der Waals surface area contributed by atoms with Gasteiger partial charge in [-0.15, -0.1) is 0 Å². The zero-order valence-corrected chi connectivity index (χ0v) is 12.4. The topological polar surface area (TPSA) is 90.7 Å². The molecule has 0 saturated heterocycles. The van der Waals surface area contributed by atoms with Gasteiger partial charge in [-0.1, -0.05) is 6.07 Å². The molecule has 1 rings (SSSR count). The van der Waals surface area contributed by atoms with Crippen molar-refractivity contribution in [3.8, 4) is 0 Å². The molecule has 0 bridgehead atoms. The van der Waals surface area contributed by atoms with Crippen LogP contribution in [0.25, 0.3) is 0 Å². The van der Waals surface area contributed by atoms with Crippen molar-refractivity contribution < 1.29 is 19.2 Å². The first-order chi connectivity index (χ1) is 9.99. The van der Waals surface area contributed by atoms with Crippen LogP contribution in [0.1, 0.15) is 29.8 Å². The predicted molar refractivity (Wildman–Crippen MR) is 77.2 cm³/mol. The van der Waals surface area contributed by atoms with Crippen LogP contribution in [0.15, 0.2) is 18.2 Å². The van der Waals surface area contributed by atoms with Crippen molar-refractivity contribution in [1.82, 2.24) is 5.32 Å². The first-order valence-electron chi connectivity index (χ1n) is 6.76. The number of benzene rings is 1. The standard InChI is InChI=1S/C14H20N2O5/c1-4-20-13(21-5-2)9-15-14(17)11-7-6-10(3)12(8-11)16(18)19/h6-8,13H,4-5,9H2,1-3H3,(H,15,17). The summed E-state index contributed by atoms with van der Waals surface area (Å²) in [7, 11) is 0. The molecule has 7 nitrogen and oxygen atoms in total. The lowest BCUT2D eigenvalue weighted by Crippen LogP contribution is -2.35. The molecule has 0 aliphatic rings. The van der Waals surface area contributed by atoms with Crippen molar-refractivity contribution in [3.05, 3.63) is 39.4 Å². The van der Waals surface area contributed by atoms with Crippen LogP contribution in [0.2, 0.25) is 0 Å². The number of aryl methyl sites for hydroxylation is 1. The number of hydrogen-bond acceptors (Lipinski definition) is 5. The van der Waals surface area contributed by atoms with Crippen LogP contribution >= 0.6 is 0 Å². The largest absolute Gasteiger partial charge is 0.351 e. The van der Waals surface area contributed by atoms with Crippen molar-refractivity contribution in [3.63, 3.8) is 0 Å². The summed E-state index contributed by atoms with van der Waals surface area (Å²) >= 11 is 0. The van der Waals surface area contributed by atoms with E-state index in [1.54, 1.807) is 19.1 Å². The van der Waals surface area contributed by atoms with Gasteiger partial charge >= 0.3 is 0 Å². The molecule has 0 radical (unpaired) electrons. The average Bonchev–Trinajstić information content (AvgIpc) is 2.45. The fraction of sp³-hybridized carbons (Fsp3) is 0.500. The third kappa shape index (κ3) is 5.13. The number of carbonyl (C=O) groups excluding carboxylic acids is 1. The molecule has 1 aromatic carbocycles. The summed E-state index contributed by atoms with van der Waals surface area (Å²) < 4.78 is 10.6. The SMILES string of the molecule is CCOC(CNC(=O)c1ccc(C)c([N+](=O)[O-])c1)OCC. The molecule has 1 amide bonds. The van der Waals surface area contributed by atoms with Crippen molar-refractivity contribution >= 4 is 11.6 Å². The molecule has 0 fully saturated rings. The molecule has 0 atom stereocenters. The highest BCUT2D eigenvalue weighted by Crippen LogP contribution is 2.19. The molecular formula is C14H20N2O5. The Labute approximate surface area is 123 Å². The highest BCUT2D eigenvalue weighted by molar-refractivity contribution is 5.94. The van der Waals surface area contributed by atoms with Gasteiger partial charge in [0, 0.05) is 30.4 Å². The fourth-order valence-corrected chi connectivity index (χ4v) is 1.76. The van der Waals surface area contributed by atoms with Gasteiger partial charge in [0.15, 0.2) is 6.29 Å². The minimum Gasteiger partial charge on any atom is -0.351 e. The predicted octanol–water partition coefficient (Wildman–Crippen LogP) is 2.03. The molecule has 0 heterocycles. The van der Waals surface area contributed by atoms with Crippen LogP contribution in [0.4, 0.5) is 5.69 Å². The normalized spacial score (nSPS) is 10.7. The Balaban J connectivity index is 2.71. The van der Waals surface area contributed by atoms with Crippen LogP contribution in [-0.4, -0.2) is 36.9 Å². The summed E-state index contributed by atoms with van der Waals surface area (Å²) in [6.45, 7) is 6.41. The van der Waals surface area contributed by atoms with Crippen LogP contribution < -0.4 is 5.32 Å². The summed E-state index contributed by atoms with van der Waals surface area (Å²) in [6.07, 6.45) is -0.524. The number of nitro groups is 1. The van der Waals surface area contributed by atoms with Gasteiger partial charge < -0.3 is 14.8 Å². The lowest BCUT2D eigenvalue weighted by Gasteiger charge is -2.17. The molecule has 0 saturated carbocycles. The molecular weight excluding hydrogens is 276 g/mol. The third-order valence-electron chi connectivity index (χ3n) is 2.80. The second kappa shape index (κ2) is 8.33. The molecule has 21 heavy (non-hydrogen) atoms. The number of nitrogens with one attached hydrogen (secondary N) is 1. The zero-order chi connectivity index (χ0) is 15.8. The second-order valence-corrected chi connectivity index (χ2v) is 4.31. The van der Waals surface area contributed by atoms with E-state index < -0.39 is 17.1 Å². The van der Waals surface area contributed by atoms with Crippen molar-refractivity contribution in [2.45, 2.75) is 27.1 Å². The summed E-state index contributed by atoms with van der Waals surface area (Å²) in [4.78, 5) is 22.4. The number of rotatable bonds is 8. The van der Waals surface area contributed by atoms with E-state index in [-0.39, 0.29) is 17.8 Å². The summed E-state index contributed by atoms with van der Waals surface area (Å²) in [5.41, 5.74) is 0.672. The number of hydrogen-bond donors (Lipinski definition) is 1. The van der Waals surface area contributed by atoms with Gasteiger partial charge in [0.25, 0.3) is 11.6 Å². The first-order valence-corrected chi connectivity index (χ1v) is 6.76. The maximum atomic E-state index is 12.0. The summed E-state index contributed by atoms with van der Waals surface area (Å²) in [6, 6.07) is 4.37. The first kappa shape index (κ1) is 17.1. The van der Waals surface area contributed by atoms with E-state index in [1.165, 1.54) is 6.07 Å². The van der Waals surface area contributed by atoms with Crippen LogP contribution in [0.5, 0.6) is 0 Å². The van der Waals surface area contributed by atoms with Gasteiger partial charge in [0.1, 0.15) is 0 Å². The van der Waals surface area contributed by atoms with E-state index in [0.717, 1.165) is 0 Å². The van der Waals surface area contributed by atoms with Gasteiger partial charge in [-0.2, -0.15) is 0 Å². The van der Waals surface area contributed by atoms with Gasteiger partial charge in [-0.25, -0.2) is 0 Å². The lowest BCUT2D eigenvalue weighted by molar-refractivity contribution is -0.385. The van der Waals surface area contributed by atoms with Gasteiger partial charge in [0.2, 0.25) is 0 Å². The monoisotopic (exact) mass is 296 g/mol. The van der Waals surface area contributed by atoms with Crippen molar-refractivity contribution in [1.29, 1.82) is 0 Å². The van der Waals surface area contributed by atoms with Gasteiger partial charge in [0.05, 0.1) is 11.5 Å². The molecule has 1 aromatic rings. The maximum Gasteiger partial charge on any atom is 0.273 e. The Bertz CT molecular complexity index is 498. The molecule has 0 unspecified atom stereocenters. The molecule has 0 spiro atoms. The summed E-state index contributed by atoms with van der Waals surface area (Å²) in [5.74, 6) is -0.400. The van der Waals surface area contributed by atoms with E-state index in [0.29, 0.717) is 18.8 Å². The Morgan fingerprint density at radius 1 is 1.33 bits per heavy atom. The van der Waals surface area contributed by atoms with E-state index in [4.69, 9.17) is 9.47 Å². The van der Waals surface area contributed by atoms with Gasteiger partial charge in [-0.05, 0) is 26.8 Å². The second-order valence-electron chi connectivity index (χ2n) is 4.31. The van der Waals surface area contributed by atoms with Crippen molar-refractivity contribution in [2.24, 2.45) is 0 Å². The van der Waals surface area contributed by atoms with E-state index in [2.05, 4.69) is 5.32 Å². The minimum absolute atomic E-state index is 0.0752. The average molecular weight is 296 g/mol. The minimum atomic E-state index is -0.524. The highest BCUT2D eigenvalue weighted by Gasteiger charge is 2.16. The molecule has 0 aromatic heterocycles. The Kier molecular flexibility index (Phi) is 6.77. The maximum absolute atomic E-state index is 12.0. The Morgan fingerprint density at radius 2 is 1.95 bits per heavy atom. The molecule has 0 aliphatic heterocycles. The number of ether oxygens (including phenoxy) is 2.